The van der Waals surface area contributed by atoms with Crippen LogP contribution in [0.3, 0.4) is 0 Å². The van der Waals surface area contributed by atoms with Crippen molar-refractivity contribution in [3.63, 3.8) is 0 Å². The van der Waals surface area contributed by atoms with Crippen LogP contribution >= 0.6 is 0 Å². The smallest absolute Gasteiger partial charge is 0.409 e. The lowest BCUT2D eigenvalue weighted by atomic mass is 10.1. The third kappa shape index (κ3) is 29.4. The number of hydrogen-bond donors (Lipinski definition) is 0. The highest BCUT2D eigenvalue weighted by Crippen LogP contribution is 2.14. The van der Waals surface area contributed by atoms with Crippen molar-refractivity contribution in [2.75, 3.05) is 40.4 Å². The Morgan fingerprint density at radius 3 is 1.53 bits per heavy atom. The molecule has 1 aliphatic heterocycles. The second-order valence-corrected chi connectivity index (χ2v) is 15.2. The minimum absolute atomic E-state index is 0.108. The predicted octanol–water partition coefficient (Wildman–Crippen LogP) is 11.7. The van der Waals surface area contributed by atoms with Gasteiger partial charge in [0.25, 0.3) is 0 Å². The lowest BCUT2D eigenvalue weighted by molar-refractivity contribution is -0.161. The van der Waals surface area contributed by atoms with Crippen molar-refractivity contribution in [1.82, 2.24) is 9.80 Å². The summed E-state index contributed by atoms with van der Waals surface area (Å²) in [5, 5.41) is 0. The Hall–Kier alpha value is -2.61. The summed E-state index contributed by atoms with van der Waals surface area (Å²) in [7, 11) is 3.73. The van der Waals surface area contributed by atoms with Gasteiger partial charge in [-0.3, -0.25) is 9.59 Å². The molecule has 8 heteroatoms. The Morgan fingerprint density at radius 2 is 1.00 bits per heavy atom. The van der Waals surface area contributed by atoms with Crippen LogP contribution in [0.15, 0.2) is 36.5 Å². The van der Waals surface area contributed by atoms with Crippen molar-refractivity contribution >= 4 is 18.0 Å². The normalized spacial score (nSPS) is 14.3. The van der Waals surface area contributed by atoms with Gasteiger partial charge in [0.15, 0.2) is 6.10 Å². The summed E-state index contributed by atoms with van der Waals surface area (Å²) in [6.07, 6.45) is 40.9. The first kappa shape index (κ1) is 48.4. The molecule has 0 radical (unpaired) electrons. The molecule has 306 valence electrons. The number of nitrogens with zero attached hydrogens (tertiary/aromatic N) is 2. The van der Waals surface area contributed by atoms with Gasteiger partial charge in [0.05, 0.1) is 6.04 Å². The first-order valence-electron chi connectivity index (χ1n) is 21.8. The minimum atomic E-state index is -0.819. The molecule has 0 saturated carbocycles. The number of unbranched alkanes of at least 4 members (excludes halogenated alkanes) is 19. The predicted molar refractivity (Wildman–Crippen MR) is 220 cm³/mol. The van der Waals surface area contributed by atoms with Gasteiger partial charge >= 0.3 is 18.0 Å². The highest BCUT2D eigenvalue weighted by molar-refractivity contribution is 5.70. The number of carbonyl (C=O) groups is 3. The molecule has 1 saturated heterocycles. The molecular formula is C45H80N2O6. The second kappa shape index (κ2) is 35.1. The molecule has 1 atom stereocenters. The van der Waals surface area contributed by atoms with E-state index in [0.717, 1.165) is 90.1 Å². The highest BCUT2D eigenvalue weighted by Gasteiger charge is 2.31. The van der Waals surface area contributed by atoms with E-state index < -0.39 is 12.2 Å². The average Bonchev–Trinajstić information content (AvgIpc) is 3.14. The molecule has 0 N–H and O–H groups in total. The molecule has 0 aromatic heterocycles. The molecule has 1 heterocycles. The molecule has 1 unspecified atom stereocenters. The van der Waals surface area contributed by atoms with Crippen LogP contribution in [0, 0.1) is 0 Å². The minimum Gasteiger partial charge on any atom is -0.462 e. The van der Waals surface area contributed by atoms with E-state index in [0.29, 0.717) is 12.8 Å². The van der Waals surface area contributed by atoms with Gasteiger partial charge in [-0.25, -0.2) is 4.79 Å². The number of allylic oxidation sites excluding steroid dienone is 6. The van der Waals surface area contributed by atoms with Gasteiger partial charge in [-0.05, 0) is 77.7 Å². The van der Waals surface area contributed by atoms with Gasteiger partial charge in [0, 0.05) is 33.0 Å². The van der Waals surface area contributed by atoms with Crippen LogP contribution in [0.5, 0.6) is 0 Å². The molecule has 0 bridgehead atoms. The number of likely N-dealkylation sites (N-methyl/N-ethyl adjacent to an activating group) is 2. The van der Waals surface area contributed by atoms with Gasteiger partial charge in [-0.1, -0.05) is 134 Å². The zero-order chi connectivity index (χ0) is 38.6. The van der Waals surface area contributed by atoms with Crippen LogP contribution in [-0.4, -0.2) is 80.4 Å². The summed E-state index contributed by atoms with van der Waals surface area (Å²) < 4.78 is 16.7. The SMILES string of the molecule is CCCCC/C=C\C/C=C\CCCCCCCC(=O)OCC(COC(=O)N(C)C1CN(C)C1)OC(=O)CCCCCCC/C=C\CCCCCCCC. The molecule has 1 amide bonds. The van der Waals surface area contributed by atoms with Crippen LogP contribution in [-0.2, 0) is 23.8 Å². The van der Waals surface area contributed by atoms with E-state index in [9.17, 15) is 14.4 Å². The van der Waals surface area contributed by atoms with Crippen LogP contribution in [0.25, 0.3) is 0 Å². The summed E-state index contributed by atoms with van der Waals surface area (Å²) in [4.78, 5) is 41.6. The summed E-state index contributed by atoms with van der Waals surface area (Å²) in [5.41, 5.74) is 0. The zero-order valence-corrected chi connectivity index (χ0v) is 34.7. The Labute approximate surface area is 325 Å². The van der Waals surface area contributed by atoms with E-state index in [1.54, 1.807) is 11.9 Å². The number of esters is 2. The fourth-order valence-electron chi connectivity index (χ4n) is 6.37. The average molecular weight is 745 g/mol. The number of hydrogen-bond acceptors (Lipinski definition) is 7. The van der Waals surface area contributed by atoms with Crippen molar-refractivity contribution < 1.29 is 28.6 Å². The Morgan fingerprint density at radius 1 is 0.585 bits per heavy atom. The molecule has 8 nitrogen and oxygen atoms in total. The van der Waals surface area contributed by atoms with Gasteiger partial charge in [-0.15, -0.1) is 0 Å². The largest absolute Gasteiger partial charge is 0.462 e. The van der Waals surface area contributed by atoms with E-state index in [1.807, 2.05) is 7.05 Å². The van der Waals surface area contributed by atoms with E-state index in [2.05, 4.69) is 55.2 Å². The summed E-state index contributed by atoms with van der Waals surface area (Å²) in [6.45, 7) is 5.84. The second-order valence-electron chi connectivity index (χ2n) is 15.2. The van der Waals surface area contributed by atoms with Crippen LogP contribution < -0.4 is 0 Å². The molecule has 1 rings (SSSR count). The van der Waals surface area contributed by atoms with Crippen LogP contribution in [0.4, 0.5) is 4.79 Å². The van der Waals surface area contributed by atoms with Crippen molar-refractivity contribution in [2.45, 2.75) is 193 Å². The maximum atomic E-state index is 12.7. The number of ether oxygens (including phenoxy) is 3. The lowest BCUT2D eigenvalue weighted by Gasteiger charge is -2.41. The van der Waals surface area contributed by atoms with Gasteiger partial charge in [0.2, 0.25) is 0 Å². The van der Waals surface area contributed by atoms with Gasteiger partial charge < -0.3 is 24.0 Å². The quantitative estimate of drug-likeness (QED) is 0.0276. The number of likely N-dealkylation sites (tertiary alicyclic amines) is 1. The number of carbonyl (C=O) groups excluding carboxylic acids is 3. The standard InChI is InChI=1S/C45H80N2O6/c1-5-7-9-11-13-15-17-19-21-23-25-27-29-31-33-35-43(48)51-39-42(40-52-45(50)47(4)41-37-46(3)38-41)53-44(49)36-34-32-30-28-26-24-22-20-18-16-14-12-10-8-6-2/h13,15,19-22,41-42H,5-12,14,16-18,23-40H2,1-4H3/b15-13-,21-19-,22-20-. The van der Waals surface area contributed by atoms with Gasteiger partial charge in [-0.2, -0.15) is 0 Å². The molecule has 53 heavy (non-hydrogen) atoms. The molecular weight excluding hydrogens is 665 g/mol. The lowest BCUT2D eigenvalue weighted by Crippen LogP contribution is -2.58. The van der Waals surface area contributed by atoms with Crippen LogP contribution in [0.1, 0.15) is 181 Å². The zero-order valence-electron chi connectivity index (χ0n) is 34.7. The Balaban J connectivity index is 2.26. The maximum absolute atomic E-state index is 12.7. The third-order valence-corrected chi connectivity index (χ3v) is 9.98. The van der Waals surface area contributed by atoms with Crippen molar-refractivity contribution in [2.24, 2.45) is 0 Å². The number of amides is 1. The topological polar surface area (TPSA) is 85.4 Å². The first-order chi connectivity index (χ1) is 25.9. The molecule has 1 aliphatic rings. The first-order valence-corrected chi connectivity index (χ1v) is 21.8. The molecule has 0 aromatic carbocycles. The van der Waals surface area contributed by atoms with E-state index in [-0.39, 0.29) is 31.2 Å². The monoisotopic (exact) mass is 745 g/mol. The summed E-state index contributed by atoms with van der Waals surface area (Å²) in [5.74, 6) is -0.655. The Kier molecular flexibility index (Phi) is 32.1. The fourth-order valence-corrected chi connectivity index (χ4v) is 6.37. The van der Waals surface area contributed by atoms with Gasteiger partial charge in [0.1, 0.15) is 13.2 Å². The van der Waals surface area contributed by atoms with E-state index in [1.165, 1.54) is 77.0 Å². The molecule has 0 aliphatic carbocycles. The summed E-state index contributed by atoms with van der Waals surface area (Å²) in [6, 6.07) is 0.108. The Bertz CT molecular complexity index is 989. The molecule has 0 spiro atoms. The van der Waals surface area contributed by atoms with E-state index in [4.69, 9.17) is 14.2 Å². The van der Waals surface area contributed by atoms with Crippen molar-refractivity contribution in [1.29, 1.82) is 0 Å². The summed E-state index contributed by atoms with van der Waals surface area (Å²) >= 11 is 0. The molecule has 1 fully saturated rings. The fraction of sp³-hybridized carbons (Fsp3) is 0.800. The highest BCUT2D eigenvalue weighted by atomic mass is 16.6. The van der Waals surface area contributed by atoms with Crippen molar-refractivity contribution in [3.05, 3.63) is 36.5 Å². The van der Waals surface area contributed by atoms with Crippen LogP contribution in [0.2, 0.25) is 0 Å². The van der Waals surface area contributed by atoms with Crippen molar-refractivity contribution in [3.8, 4) is 0 Å². The number of rotatable bonds is 35. The maximum Gasteiger partial charge on any atom is 0.409 e. The third-order valence-electron chi connectivity index (χ3n) is 9.98. The molecule has 0 aromatic rings. The van der Waals surface area contributed by atoms with E-state index >= 15 is 0 Å².